The van der Waals surface area contributed by atoms with E-state index in [4.69, 9.17) is 11.6 Å². The van der Waals surface area contributed by atoms with Crippen molar-refractivity contribution in [3.63, 3.8) is 0 Å². The van der Waals surface area contributed by atoms with Gasteiger partial charge in [0.1, 0.15) is 0 Å². The molecule has 0 amide bonds. The minimum absolute atomic E-state index is 0.0858. The number of fused-ring (bicyclic) bond motifs is 1. The third-order valence-corrected chi connectivity index (χ3v) is 6.39. The summed E-state index contributed by atoms with van der Waals surface area (Å²) in [5.74, 6) is 0. The molecule has 1 aromatic carbocycles. The summed E-state index contributed by atoms with van der Waals surface area (Å²) < 4.78 is 0. The molecule has 33 heavy (non-hydrogen) atoms. The number of hydrogen-bond acceptors (Lipinski definition) is 6. The van der Waals surface area contributed by atoms with E-state index in [9.17, 15) is 0 Å². The standard InChI is InChI=1S/C26H27ClN6/c27-20-7-8-21-22(9-12-30-25(21)19-20)31-13-14-32-15-17-33(18-16-32)26(23-5-1-3-10-28-23)24-6-2-4-11-29-24/h1-12,19,26H,13-18H2,(H,30,31). The molecule has 168 valence electrons. The molecule has 1 fully saturated rings. The molecule has 4 aromatic rings. The number of pyridine rings is 3. The van der Waals surface area contributed by atoms with Gasteiger partial charge in [0.25, 0.3) is 0 Å². The smallest absolute Gasteiger partial charge is 0.0950 e. The summed E-state index contributed by atoms with van der Waals surface area (Å²) in [6.45, 7) is 5.87. The molecule has 3 aromatic heterocycles. The van der Waals surface area contributed by atoms with Crippen molar-refractivity contribution >= 4 is 28.2 Å². The van der Waals surface area contributed by atoms with Gasteiger partial charge in [-0.1, -0.05) is 23.7 Å². The number of piperazine rings is 1. The Labute approximate surface area is 199 Å². The molecule has 6 nitrogen and oxygen atoms in total. The molecule has 7 heteroatoms. The van der Waals surface area contributed by atoms with Gasteiger partial charge in [0.05, 0.1) is 22.9 Å². The van der Waals surface area contributed by atoms with Crippen LogP contribution in [-0.4, -0.2) is 64.0 Å². The van der Waals surface area contributed by atoms with Crippen LogP contribution in [0.4, 0.5) is 5.69 Å². The van der Waals surface area contributed by atoms with E-state index in [1.54, 1.807) is 0 Å². The first-order valence-corrected chi connectivity index (χ1v) is 11.7. The molecule has 1 N–H and O–H groups in total. The second-order valence-electron chi connectivity index (χ2n) is 8.24. The van der Waals surface area contributed by atoms with Crippen LogP contribution >= 0.6 is 11.6 Å². The summed E-state index contributed by atoms with van der Waals surface area (Å²) in [4.78, 5) is 18.7. The first kappa shape index (κ1) is 21.8. The Hall–Kier alpha value is -3.06. The first-order valence-electron chi connectivity index (χ1n) is 11.3. The van der Waals surface area contributed by atoms with Crippen LogP contribution in [0.15, 0.2) is 79.3 Å². The van der Waals surface area contributed by atoms with Crippen molar-refractivity contribution in [2.75, 3.05) is 44.6 Å². The predicted octanol–water partition coefficient (Wildman–Crippen LogP) is 4.50. The summed E-state index contributed by atoms with van der Waals surface area (Å²) in [5, 5.41) is 5.39. The molecule has 0 atom stereocenters. The van der Waals surface area contributed by atoms with Crippen LogP contribution in [0.25, 0.3) is 10.9 Å². The van der Waals surface area contributed by atoms with Gasteiger partial charge < -0.3 is 5.32 Å². The van der Waals surface area contributed by atoms with Gasteiger partial charge in [-0.25, -0.2) is 0 Å². The van der Waals surface area contributed by atoms with E-state index in [1.807, 2.05) is 55.0 Å². The third-order valence-electron chi connectivity index (χ3n) is 6.16. The number of hydrogen-bond donors (Lipinski definition) is 1. The normalized spacial score (nSPS) is 15.2. The van der Waals surface area contributed by atoms with Crippen molar-refractivity contribution in [2.45, 2.75) is 6.04 Å². The Balaban J connectivity index is 1.20. The lowest BCUT2D eigenvalue weighted by Crippen LogP contribution is -2.49. The maximum Gasteiger partial charge on any atom is 0.0950 e. The topological polar surface area (TPSA) is 57.2 Å². The highest BCUT2D eigenvalue weighted by Crippen LogP contribution is 2.27. The molecule has 1 saturated heterocycles. The van der Waals surface area contributed by atoms with Gasteiger partial charge in [-0.15, -0.1) is 0 Å². The Morgan fingerprint density at radius 2 is 1.55 bits per heavy atom. The first-order chi connectivity index (χ1) is 16.3. The van der Waals surface area contributed by atoms with Gasteiger partial charge in [-0.05, 0) is 48.5 Å². The van der Waals surface area contributed by atoms with Crippen LogP contribution in [0, 0.1) is 0 Å². The number of nitrogens with zero attached hydrogens (tertiary/aromatic N) is 5. The predicted molar refractivity (Wildman–Crippen MR) is 134 cm³/mol. The van der Waals surface area contributed by atoms with Crippen LogP contribution in [0.3, 0.4) is 0 Å². The van der Waals surface area contributed by atoms with Crippen molar-refractivity contribution in [1.82, 2.24) is 24.8 Å². The van der Waals surface area contributed by atoms with E-state index in [0.29, 0.717) is 5.02 Å². The Bertz CT molecular complexity index is 1140. The van der Waals surface area contributed by atoms with Gasteiger partial charge in [-0.3, -0.25) is 24.8 Å². The molecular weight excluding hydrogens is 432 g/mol. The maximum absolute atomic E-state index is 6.11. The second kappa shape index (κ2) is 10.3. The molecule has 0 unspecified atom stereocenters. The molecule has 0 spiro atoms. The molecule has 0 saturated carbocycles. The Kier molecular flexibility index (Phi) is 6.76. The van der Waals surface area contributed by atoms with Crippen molar-refractivity contribution in [3.8, 4) is 0 Å². The van der Waals surface area contributed by atoms with Crippen molar-refractivity contribution in [1.29, 1.82) is 0 Å². The number of anilines is 1. The van der Waals surface area contributed by atoms with E-state index < -0.39 is 0 Å². The van der Waals surface area contributed by atoms with E-state index in [0.717, 1.165) is 67.2 Å². The third kappa shape index (κ3) is 5.14. The number of rotatable bonds is 7. The average Bonchev–Trinajstić information content (AvgIpc) is 2.86. The zero-order valence-electron chi connectivity index (χ0n) is 18.4. The highest BCUT2D eigenvalue weighted by Gasteiger charge is 2.27. The number of nitrogens with one attached hydrogen (secondary N) is 1. The lowest BCUT2D eigenvalue weighted by molar-refractivity contribution is 0.109. The van der Waals surface area contributed by atoms with Crippen LogP contribution in [0.2, 0.25) is 5.02 Å². The minimum atomic E-state index is 0.0858. The van der Waals surface area contributed by atoms with Gasteiger partial charge >= 0.3 is 0 Å². The highest BCUT2D eigenvalue weighted by atomic mass is 35.5. The summed E-state index contributed by atoms with van der Waals surface area (Å²) in [7, 11) is 0. The van der Waals surface area contributed by atoms with Gasteiger partial charge in [0.2, 0.25) is 0 Å². The molecule has 5 rings (SSSR count). The highest BCUT2D eigenvalue weighted by molar-refractivity contribution is 6.31. The van der Waals surface area contributed by atoms with E-state index >= 15 is 0 Å². The zero-order valence-corrected chi connectivity index (χ0v) is 19.2. The molecule has 0 radical (unpaired) electrons. The van der Waals surface area contributed by atoms with Gasteiger partial charge in [0, 0.05) is 74.0 Å². The Morgan fingerprint density at radius 1 is 0.818 bits per heavy atom. The number of halogens is 1. The summed E-state index contributed by atoms with van der Waals surface area (Å²) in [6, 6.07) is 20.2. The monoisotopic (exact) mass is 458 g/mol. The molecule has 0 bridgehead atoms. The fourth-order valence-corrected chi connectivity index (χ4v) is 4.64. The summed E-state index contributed by atoms with van der Waals surface area (Å²) in [6.07, 6.45) is 5.56. The van der Waals surface area contributed by atoms with Crippen LogP contribution in [0.1, 0.15) is 17.4 Å². The summed E-state index contributed by atoms with van der Waals surface area (Å²) >= 11 is 6.11. The molecule has 1 aliphatic rings. The van der Waals surface area contributed by atoms with Crippen LogP contribution < -0.4 is 5.32 Å². The average molecular weight is 459 g/mol. The molecule has 4 heterocycles. The lowest BCUT2D eigenvalue weighted by Gasteiger charge is -2.39. The van der Waals surface area contributed by atoms with Crippen molar-refractivity contribution < 1.29 is 0 Å². The Morgan fingerprint density at radius 3 is 2.21 bits per heavy atom. The quantitative estimate of drug-likeness (QED) is 0.440. The number of benzene rings is 1. The number of aromatic nitrogens is 3. The molecule has 1 aliphatic heterocycles. The van der Waals surface area contributed by atoms with Gasteiger partial charge in [-0.2, -0.15) is 0 Å². The van der Waals surface area contributed by atoms with E-state index in [1.165, 1.54) is 0 Å². The largest absolute Gasteiger partial charge is 0.383 e. The maximum atomic E-state index is 6.11. The SMILES string of the molecule is Clc1ccc2c(NCCN3CCN(C(c4ccccn4)c4ccccn4)CC3)ccnc2c1. The van der Waals surface area contributed by atoms with Crippen LogP contribution in [-0.2, 0) is 0 Å². The van der Waals surface area contributed by atoms with E-state index in [-0.39, 0.29) is 6.04 Å². The second-order valence-corrected chi connectivity index (χ2v) is 8.67. The summed E-state index contributed by atoms with van der Waals surface area (Å²) in [5.41, 5.74) is 4.11. The fraction of sp³-hybridized carbons (Fsp3) is 0.269. The minimum Gasteiger partial charge on any atom is -0.383 e. The fourth-order valence-electron chi connectivity index (χ4n) is 4.47. The van der Waals surface area contributed by atoms with Crippen molar-refractivity contribution in [2.24, 2.45) is 0 Å². The van der Waals surface area contributed by atoms with Crippen molar-refractivity contribution in [3.05, 3.63) is 95.7 Å². The van der Waals surface area contributed by atoms with Crippen LogP contribution in [0.5, 0.6) is 0 Å². The van der Waals surface area contributed by atoms with E-state index in [2.05, 4.69) is 54.3 Å². The molecule has 0 aliphatic carbocycles. The zero-order chi connectivity index (χ0) is 22.5. The lowest BCUT2D eigenvalue weighted by atomic mass is 10.1. The van der Waals surface area contributed by atoms with Gasteiger partial charge in [0.15, 0.2) is 0 Å². The molecular formula is C26H27ClN6.